The number of hydrogen-bond acceptors (Lipinski definition) is 7. The summed E-state index contributed by atoms with van der Waals surface area (Å²) in [5.41, 5.74) is 2.32. The second-order valence-corrected chi connectivity index (χ2v) is 9.95. The molecule has 2 amide bonds. The smallest absolute Gasteiger partial charge is 0.446 e. The fourth-order valence-corrected chi connectivity index (χ4v) is 4.98. The molecule has 0 aliphatic heterocycles. The minimum absolute atomic E-state index is 0.0483. The van der Waals surface area contributed by atoms with Gasteiger partial charge in [-0.2, -0.15) is 0 Å². The zero-order valence-corrected chi connectivity index (χ0v) is 19.6. The molecule has 0 fully saturated rings. The van der Waals surface area contributed by atoms with Crippen LogP contribution in [-0.4, -0.2) is 52.4 Å². The molecular weight excluding hydrogens is 446 g/mol. The molecule has 5 N–H and O–H groups in total. The fraction of sp³-hybridized carbons (Fsp3) is 0.333. The summed E-state index contributed by atoms with van der Waals surface area (Å²) in [5, 5.41) is 33.6. The summed E-state index contributed by atoms with van der Waals surface area (Å²) >= 11 is 0. The van der Waals surface area contributed by atoms with Crippen molar-refractivity contribution in [3.63, 3.8) is 0 Å². The van der Waals surface area contributed by atoms with Gasteiger partial charge in [0.05, 0.1) is 0 Å². The molecule has 2 aromatic carbocycles. The van der Waals surface area contributed by atoms with E-state index in [1.54, 1.807) is 64.8 Å². The van der Waals surface area contributed by atoms with Crippen LogP contribution in [0.15, 0.2) is 48.5 Å². The van der Waals surface area contributed by atoms with Gasteiger partial charge in [0.15, 0.2) is 0 Å². The van der Waals surface area contributed by atoms with Gasteiger partial charge in [-0.1, -0.05) is 52.7 Å². The molecule has 0 spiro atoms. The van der Waals surface area contributed by atoms with Crippen molar-refractivity contribution in [1.29, 1.82) is 0 Å². The molecule has 32 heavy (non-hydrogen) atoms. The number of carbonyl (C=O) groups excluding carboxylic acids is 2. The van der Waals surface area contributed by atoms with Crippen molar-refractivity contribution in [2.45, 2.75) is 32.5 Å². The third-order valence-electron chi connectivity index (χ3n) is 4.47. The summed E-state index contributed by atoms with van der Waals surface area (Å²) in [7, 11) is 1.80. The highest BCUT2D eigenvalue weighted by Gasteiger charge is 2.12. The number of amides is 2. The minimum atomic E-state index is -1.56. The van der Waals surface area contributed by atoms with Crippen molar-refractivity contribution in [1.82, 2.24) is 0 Å². The number of benzene rings is 2. The summed E-state index contributed by atoms with van der Waals surface area (Å²) in [6, 6.07) is 13.7. The Hall–Kier alpha value is -1.91. The van der Waals surface area contributed by atoms with E-state index in [9.17, 15) is 24.7 Å². The topological polar surface area (TPSA) is 119 Å². The average Bonchev–Trinajstić information content (AvgIpc) is 2.75. The SMILES string of the molecule is CB(O)c1cccc(NC(=O)CCCSSCCCC(=O)Nc2cccc(B(O)O)c2)c1. The van der Waals surface area contributed by atoms with E-state index in [0.29, 0.717) is 29.7 Å². The Labute approximate surface area is 197 Å². The molecule has 0 radical (unpaired) electrons. The zero-order valence-electron chi connectivity index (χ0n) is 18.0. The molecule has 2 rings (SSSR count). The normalized spacial score (nSPS) is 10.5. The fourth-order valence-electron chi connectivity index (χ4n) is 2.80. The Morgan fingerprint density at radius 1 is 0.812 bits per heavy atom. The van der Waals surface area contributed by atoms with Crippen LogP contribution in [0.5, 0.6) is 0 Å². The van der Waals surface area contributed by atoms with Crippen molar-refractivity contribution in [3.8, 4) is 0 Å². The number of anilines is 2. The van der Waals surface area contributed by atoms with Gasteiger partial charge < -0.3 is 25.7 Å². The maximum atomic E-state index is 12.1. The first kappa shape index (κ1) is 26.3. The van der Waals surface area contributed by atoms with Crippen molar-refractivity contribution >= 4 is 69.7 Å². The summed E-state index contributed by atoms with van der Waals surface area (Å²) in [6.45, 7) is 1.11. The van der Waals surface area contributed by atoms with Crippen molar-refractivity contribution in [2.24, 2.45) is 0 Å². The quantitative estimate of drug-likeness (QED) is 0.170. The highest BCUT2D eigenvalue weighted by Crippen LogP contribution is 2.24. The van der Waals surface area contributed by atoms with Gasteiger partial charge in [0.25, 0.3) is 0 Å². The van der Waals surface area contributed by atoms with Crippen LogP contribution >= 0.6 is 21.6 Å². The second kappa shape index (κ2) is 14.3. The van der Waals surface area contributed by atoms with Gasteiger partial charge in [-0.05, 0) is 48.0 Å². The number of hydrogen-bond donors (Lipinski definition) is 5. The van der Waals surface area contributed by atoms with Crippen LogP contribution in [0.4, 0.5) is 11.4 Å². The maximum absolute atomic E-state index is 12.1. The van der Waals surface area contributed by atoms with Gasteiger partial charge in [-0.25, -0.2) is 0 Å². The predicted molar refractivity (Wildman–Crippen MR) is 137 cm³/mol. The Morgan fingerprint density at radius 3 is 1.75 bits per heavy atom. The van der Waals surface area contributed by atoms with E-state index in [0.717, 1.165) is 29.8 Å². The zero-order chi connectivity index (χ0) is 23.3. The largest absolute Gasteiger partial charge is 0.488 e. The Bertz CT molecular complexity index is 815. The summed E-state index contributed by atoms with van der Waals surface area (Å²) < 4.78 is 0. The van der Waals surface area contributed by atoms with Crippen molar-refractivity contribution in [2.75, 3.05) is 22.1 Å². The third kappa shape index (κ3) is 10.1. The molecule has 0 saturated carbocycles. The molecular formula is C21H28B2N2O5S2. The Morgan fingerprint density at radius 2 is 1.28 bits per heavy atom. The molecule has 0 aliphatic rings. The van der Waals surface area contributed by atoms with E-state index in [4.69, 9.17) is 0 Å². The van der Waals surface area contributed by atoms with Crippen LogP contribution in [0.2, 0.25) is 6.82 Å². The molecule has 0 aliphatic carbocycles. The van der Waals surface area contributed by atoms with Gasteiger partial charge in [0.2, 0.25) is 11.8 Å². The average molecular weight is 474 g/mol. The van der Waals surface area contributed by atoms with E-state index in [1.165, 1.54) is 6.07 Å². The molecule has 0 saturated heterocycles. The summed E-state index contributed by atoms with van der Waals surface area (Å²) in [5.74, 6) is 1.50. The highest BCUT2D eigenvalue weighted by atomic mass is 33.1. The number of nitrogens with one attached hydrogen (secondary N) is 2. The third-order valence-corrected chi connectivity index (χ3v) is 7.05. The summed E-state index contributed by atoms with van der Waals surface area (Å²) in [6.07, 6.45) is 2.29. The second-order valence-electron chi connectivity index (χ2n) is 7.25. The predicted octanol–water partition coefficient (Wildman–Crippen LogP) is 1.71. The standard InChI is InChI=1S/C21H28B2N2O5S2/c1-22(28)16-6-2-8-18(14-16)24-20(26)10-4-12-31-32-13-5-11-21(27)25-19-9-3-7-17(15-19)23(29)30/h2-3,6-9,14-15,28-30H,4-5,10-13H2,1H3,(H,24,26)(H,25,27). The van der Waals surface area contributed by atoms with Crippen LogP contribution in [0.25, 0.3) is 0 Å². The van der Waals surface area contributed by atoms with E-state index in [-0.39, 0.29) is 11.8 Å². The lowest BCUT2D eigenvalue weighted by Gasteiger charge is -2.08. The van der Waals surface area contributed by atoms with E-state index in [2.05, 4.69) is 10.6 Å². The molecule has 0 aromatic heterocycles. The van der Waals surface area contributed by atoms with Crippen molar-refractivity contribution < 1.29 is 24.7 Å². The van der Waals surface area contributed by atoms with Crippen LogP contribution in [0.1, 0.15) is 25.7 Å². The molecule has 170 valence electrons. The minimum Gasteiger partial charge on any atom is -0.446 e. The first-order valence-corrected chi connectivity index (χ1v) is 12.9. The summed E-state index contributed by atoms with van der Waals surface area (Å²) in [4.78, 5) is 24.1. The van der Waals surface area contributed by atoms with Crippen LogP contribution in [0, 0.1) is 0 Å². The van der Waals surface area contributed by atoms with Crippen LogP contribution in [0.3, 0.4) is 0 Å². The molecule has 2 aromatic rings. The van der Waals surface area contributed by atoms with Gasteiger partial charge in [0, 0.05) is 35.7 Å². The highest BCUT2D eigenvalue weighted by molar-refractivity contribution is 8.76. The van der Waals surface area contributed by atoms with Gasteiger partial charge >= 0.3 is 14.0 Å². The lowest BCUT2D eigenvalue weighted by Crippen LogP contribution is -2.30. The van der Waals surface area contributed by atoms with Gasteiger partial charge in [-0.3, -0.25) is 9.59 Å². The molecule has 0 bridgehead atoms. The first-order valence-electron chi connectivity index (χ1n) is 10.4. The molecule has 11 heteroatoms. The van der Waals surface area contributed by atoms with E-state index >= 15 is 0 Å². The molecule has 7 nitrogen and oxygen atoms in total. The monoisotopic (exact) mass is 474 g/mol. The Kier molecular flexibility index (Phi) is 11.8. The first-order chi connectivity index (χ1) is 15.3. The number of carbonyl (C=O) groups is 2. The van der Waals surface area contributed by atoms with Crippen molar-refractivity contribution in [3.05, 3.63) is 48.5 Å². The molecule has 0 heterocycles. The van der Waals surface area contributed by atoms with Crippen LogP contribution in [-0.2, 0) is 9.59 Å². The van der Waals surface area contributed by atoms with Gasteiger partial charge in [0.1, 0.15) is 0 Å². The molecule has 0 atom stereocenters. The van der Waals surface area contributed by atoms with Gasteiger partial charge in [-0.15, -0.1) is 0 Å². The Balaban J connectivity index is 1.52. The van der Waals surface area contributed by atoms with E-state index < -0.39 is 14.0 Å². The molecule has 0 unspecified atom stereocenters. The van der Waals surface area contributed by atoms with Crippen LogP contribution < -0.4 is 21.6 Å². The number of rotatable bonds is 13. The maximum Gasteiger partial charge on any atom is 0.488 e. The lowest BCUT2D eigenvalue weighted by molar-refractivity contribution is -0.117. The van der Waals surface area contributed by atoms with E-state index in [1.807, 2.05) is 6.07 Å². The lowest BCUT2D eigenvalue weighted by atomic mass is 9.64.